The maximum absolute atomic E-state index is 12.8. The molecule has 0 aromatic heterocycles. The summed E-state index contributed by atoms with van der Waals surface area (Å²) >= 11 is 0. The molecular weight excluding hydrogens is 805 g/mol. The highest BCUT2D eigenvalue weighted by Crippen LogP contribution is 2.12. The smallest absolute Gasteiger partial charge is 0.306 e. The molecule has 0 saturated heterocycles. The molecule has 364 valence electrons. The van der Waals surface area contributed by atoms with E-state index in [0.717, 1.165) is 96.3 Å². The molecule has 0 fully saturated rings. The molecular formula is C59H92O6. The molecule has 0 aliphatic rings. The first kappa shape index (κ1) is 60.5. The summed E-state index contributed by atoms with van der Waals surface area (Å²) in [6, 6.07) is 0. The van der Waals surface area contributed by atoms with Crippen LogP contribution in [-0.2, 0) is 28.6 Å². The van der Waals surface area contributed by atoms with Crippen LogP contribution in [0.3, 0.4) is 0 Å². The van der Waals surface area contributed by atoms with Gasteiger partial charge in [0.2, 0.25) is 0 Å². The zero-order valence-electron chi connectivity index (χ0n) is 41.4. The lowest BCUT2D eigenvalue weighted by Gasteiger charge is -2.18. The molecule has 0 radical (unpaired) electrons. The molecule has 1 unspecified atom stereocenters. The zero-order valence-corrected chi connectivity index (χ0v) is 41.4. The highest BCUT2D eigenvalue weighted by Gasteiger charge is 2.19. The molecule has 0 aromatic carbocycles. The van der Waals surface area contributed by atoms with Gasteiger partial charge in [0.05, 0.1) is 0 Å². The second-order valence-electron chi connectivity index (χ2n) is 16.5. The van der Waals surface area contributed by atoms with Crippen molar-refractivity contribution in [3.05, 3.63) is 134 Å². The number of unbranched alkanes of at least 4 members (excludes halogenated alkanes) is 16. The first-order valence-corrected chi connectivity index (χ1v) is 25.8. The second-order valence-corrected chi connectivity index (χ2v) is 16.5. The van der Waals surface area contributed by atoms with Crippen LogP contribution in [0.15, 0.2) is 134 Å². The van der Waals surface area contributed by atoms with Crippen molar-refractivity contribution in [3.63, 3.8) is 0 Å². The Bertz CT molecular complexity index is 1450. The maximum atomic E-state index is 12.8. The van der Waals surface area contributed by atoms with Crippen molar-refractivity contribution in [2.75, 3.05) is 13.2 Å². The Balaban J connectivity index is 4.57. The van der Waals surface area contributed by atoms with Crippen LogP contribution in [0.1, 0.15) is 201 Å². The van der Waals surface area contributed by atoms with E-state index >= 15 is 0 Å². The van der Waals surface area contributed by atoms with E-state index in [-0.39, 0.29) is 44.0 Å². The third-order valence-electron chi connectivity index (χ3n) is 10.3. The van der Waals surface area contributed by atoms with E-state index in [0.29, 0.717) is 19.3 Å². The number of rotatable bonds is 44. The van der Waals surface area contributed by atoms with Gasteiger partial charge in [-0.3, -0.25) is 14.4 Å². The largest absolute Gasteiger partial charge is 0.462 e. The molecule has 0 aliphatic heterocycles. The van der Waals surface area contributed by atoms with Crippen LogP contribution in [0.2, 0.25) is 0 Å². The van der Waals surface area contributed by atoms with Crippen molar-refractivity contribution in [1.29, 1.82) is 0 Å². The van der Waals surface area contributed by atoms with Crippen molar-refractivity contribution < 1.29 is 28.6 Å². The van der Waals surface area contributed by atoms with E-state index in [9.17, 15) is 14.4 Å². The average Bonchev–Trinajstić information content (AvgIpc) is 3.30. The first-order chi connectivity index (χ1) is 32.0. The third-order valence-corrected chi connectivity index (χ3v) is 10.3. The summed E-state index contributed by atoms with van der Waals surface area (Å²) in [5.41, 5.74) is 0. The zero-order chi connectivity index (χ0) is 47.2. The van der Waals surface area contributed by atoms with E-state index in [2.05, 4.69) is 99.8 Å². The molecule has 6 nitrogen and oxygen atoms in total. The second kappa shape index (κ2) is 52.2. The van der Waals surface area contributed by atoms with E-state index < -0.39 is 6.10 Å². The van der Waals surface area contributed by atoms with Crippen molar-refractivity contribution >= 4 is 17.9 Å². The Morgan fingerprint density at radius 1 is 0.338 bits per heavy atom. The summed E-state index contributed by atoms with van der Waals surface area (Å²) in [6.45, 7) is 6.25. The van der Waals surface area contributed by atoms with Crippen molar-refractivity contribution in [1.82, 2.24) is 0 Å². The van der Waals surface area contributed by atoms with Crippen LogP contribution in [0.5, 0.6) is 0 Å². The molecule has 0 amide bonds. The first-order valence-electron chi connectivity index (χ1n) is 25.8. The van der Waals surface area contributed by atoms with Gasteiger partial charge in [-0.2, -0.15) is 0 Å². The standard InChI is InChI=1S/C59H92O6/c1-4-7-10-13-16-19-22-25-27-29-30-32-34-37-40-43-46-49-52-58(61)64-55-56(54-63-57(60)51-48-45-42-39-36-33-24-21-18-15-12-9-6-3)65-59(62)53-50-47-44-41-38-35-31-28-26-23-20-17-14-11-8-5-2/h8-9,11-12,15,17-18,20-21,24,26-30,32-33,35-36,38-39,42,56H,4-7,10,13-14,16,19,22-23,25,31,34,37,40-41,43-55H2,1-3H3/b11-8-,12-9-,18-15-,20-17-,24-21-,28-26-,29-27-,32-30-,36-33-,38-35-,42-39-. The Hall–Kier alpha value is -4.45. The summed E-state index contributed by atoms with van der Waals surface area (Å²) in [6.07, 6.45) is 73.0. The van der Waals surface area contributed by atoms with E-state index in [1.165, 1.54) is 51.4 Å². The minimum Gasteiger partial charge on any atom is -0.462 e. The van der Waals surface area contributed by atoms with Gasteiger partial charge in [0.25, 0.3) is 0 Å². The monoisotopic (exact) mass is 897 g/mol. The third kappa shape index (κ3) is 50.4. The molecule has 0 aliphatic carbocycles. The topological polar surface area (TPSA) is 78.9 Å². The fraction of sp³-hybridized carbons (Fsp3) is 0.576. The molecule has 0 heterocycles. The molecule has 65 heavy (non-hydrogen) atoms. The SMILES string of the molecule is CC\C=C/C=C\C=C/C=C\C=C/CCCC(=O)OCC(COC(=O)CCCCCCC/C=C\C=C/CCCCCCCCC)OC(=O)CCCCC/C=C\C/C=C\C/C=C\C/C=C\CC. The van der Waals surface area contributed by atoms with Gasteiger partial charge in [-0.15, -0.1) is 0 Å². The number of hydrogen-bond donors (Lipinski definition) is 0. The molecule has 0 bridgehead atoms. The number of ether oxygens (including phenoxy) is 3. The molecule has 6 heteroatoms. The number of hydrogen-bond acceptors (Lipinski definition) is 6. The number of carbonyl (C=O) groups excluding carboxylic acids is 3. The van der Waals surface area contributed by atoms with E-state index in [1.54, 1.807) is 0 Å². The molecule has 0 saturated carbocycles. The van der Waals surface area contributed by atoms with Gasteiger partial charge in [-0.05, 0) is 96.3 Å². The van der Waals surface area contributed by atoms with Gasteiger partial charge < -0.3 is 14.2 Å². The number of carbonyl (C=O) groups is 3. The lowest BCUT2D eigenvalue weighted by molar-refractivity contribution is -0.167. The predicted octanol–water partition coefficient (Wildman–Crippen LogP) is 17.1. The summed E-state index contributed by atoms with van der Waals surface area (Å²) < 4.78 is 16.7. The van der Waals surface area contributed by atoms with Crippen LogP contribution in [0.25, 0.3) is 0 Å². The summed E-state index contributed by atoms with van der Waals surface area (Å²) in [5, 5.41) is 0. The van der Waals surface area contributed by atoms with Crippen LogP contribution in [-0.4, -0.2) is 37.2 Å². The number of esters is 3. The highest BCUT2D eigenvalue weighted by molar-refractivity contribution is 5.71. The van der Waals surface area contributed by atoms with Crippen LogP contribution in [0.4, 0.5) is 0 Å². The summed E-state index contributed by atoms with van der Waals surface area (Å²) in [7, 11) is 0. The lowest BCUT2D eigenvalue weighted by atomic mass is 10.1. The van der Waals surface area contributed by atoms with Crippen LogP contribution in [0, 0.1) is 0 Å². The van der Waals surface area contributed by atoms with Gasteiger partial charge in [-0.1, -0.05) is 219 Å². The Labute approximate surface area is 398 Å². The molecule has 1 atom stereocenters. The molecule has 0 spiro atoms. The Kier molecular flexibility index (Phi) is 48.6. The Morgan fingerprint density at radius 3 is 1.22 bits per heavy atom. The molecule has 0 N–H and O–H groups in total. The summed E-state index contributed by atoms with van der Waals surface area (Å²) in [5.74, 6) is -1.06. The fourth-order valence-corrected chi connectivity index (χ4v) is 6.45. The normalized spacial score (nSPS) is 13.2. The van der Waals surface area contributed by atoms with Crippen molar-refractivity contribution in [2.24, 2.45) is 0 Å². The van der Waals surface area contributed by atoms with Crippen molar-refractivity contribution in [2.45, 2.75) is 207 Å². The van der Waals surface area contributed by atoms with Gasteiger partial charge in [0, 0.05) is 19.3 Å². The van der Waals surface area contributed by atoms with Gasteiger partial charge in [-0.25, -0.2) is 0 Å². The predicted molar refractivity (Wildman–Crippen MR) is 279 cm³/mol. The Morgan fingerprint density at radius 2 is 0.692 bits per heavy atom. The van der Waals surface area contributed by atoms with Gasteiger partial charge in [0.15, 0.2) is 6.10 Å². The molecule has 0 aromatic rings. The van der Waals surface area contributed by atoms with E-state index in [4.69, 9.17) is 14.2 Å². The highest BCUT2D eigenvalue weighted by atomic mass is 16.6. The summed E-state index contributed by atoms with van der Waals surface area (Å²) in [4.78, 5) is 38.0. The van der Waals surface area contributed by atoms with Crippen LogP contribution >= 0.6 is 0 Å². The van der Waals surface area contributed by atoms with Crippen molar-refractivity contribution in [3.8, 4) is 0 Å². The quantitative estimate of drug-likeness (QED) is 0.0199. The van der Waals surface area contributed by atoms with E-state index in [1.807, 2.05) is 54.7 Å². The minimum atomic E-state index is -0.835. The van der Waals surface area contributed by atoms with Gasteiger partial charge >= 0.3 is 17.9 Å². The molecule has 0 rings (SSSR count). The fourth-order valence-electron chi connectivity index (χ4n) is 6.45. The van der Waals surface area contributed by atoms with Gasteiger partial charge in [0.1, 0.15) is 13.2 Å². The van der Waals surface area contributed by atoms with Crippen LogP contribution < -0.4 is 0 Å². The maximum Gasteiger partial charge on any atom is 0.306 e. The number of allylic oxidation sites excluding steroid dienone is 22. The average molecular weight is 897 g/mol. The lowest BCUT2D eigenvalue weighted by Crippen LogP contribution is -2.30. The minimum absolute atomic E-state index is 0.127.